The minimum absolute atomic E-state index is 0.0101. The predicted molar refractivity (Wildman–Crippen MR) is 78.2 cm³/mol. The zero-order chi connectivity index (χ0) is 12.7. The highest BCUT2D eigenvalue weighted by Gasteiger charge is 2.10. The van der Waals surface area contributed by atoms with Crippen molar-refractivity contribution in [3.05, 3.63) is 56.0 Å². The van der Waals surface area contributed by atoms with Gasteiger partial charge in [0, 0.05) is 6.07 Å². The number of thiophene rings is 1. The van der Waals surface area contributed by atoms with Crippen LogP contribution in [-0.4, -0.2) is 0 Å². The topological polar surface area (TPSA) is 30.2 Å². The number of halogens is 1. The Labute approximate surface area is 116 Å². The molecule has 18 heavy (non-hydrogen) atoms. The number of hydrogen-bond donors (Lipinski definition) is 0. The lowest BCUT2D eigenvalue weighted by atomic mass is 10.1. The average molecular weight is 321 g/mol. The van der Waals surface area contributed by atoms with E-state index < -0.39 is 0 Å². The Morgan fingerprint density at radius 1 is 1.28 bits per heavy atom. The summed E-state index contributed by atoms with van der Waals surface area (Å²) in [5.41, 5.74) is 1.63. The van der Waals surface area contributed by atoms with Crippen molar-refractivity contribution in [1.82, 2.24) is 0 Å². The third kappa shape index (κ3) is 1.91. The van der Waals surface area contributed by atoms with Crippen molar-refractivity contribution in [2.45, 2.75) is 6.92 Å². The molecule has 4 heteroatoms. The Morgan fingerprint density at radius 2 is 2.11 bits per heavy atom. The van der Waals surface area contributed by atoms with Crippen LogP contribution in [0.2, 0.25) is 0 Å². The second kappa shape index (κ2) is 4.37. The van der Waals surface area contributed by atoms with Crippen molar-refractivity contribution in [2.24, 2.45) is 0 Å². The van der Waals surface area contributed by atoms with Gasteiger partial charge in [-0.05, 0) is 52.0 Å². The van der Waals surface area contributed by atoms with E-state index in [2.05, 4.69) is 15.9 Å². The summed E-state index contributed by atoms with van der Waals surface area (Å²) in [5, 5.41) is 2.58. The average Bonchev–Trinajstić information content (AvgIpc) is 2.83. The van der Waals surface area contributed by atoms with Crippen molar-refractivity contribution in [2.75, 3.05) is 0 Å². The minimum Gasteiger partial charge on any atom is -0.454 e. The minimum atomic E-state index is -0.0101. The van der Waals surface area contributed by atoms with Crippen LogP contribution in [0.3, 0.4) is 0 Å². The van der Waals surface area contributed by atoms with E-state index in [4.69, 9.17) is 4.42 Å². The molecule has 2 aromatic heterocycles. The van der Waals surface area contributed by atoms with Gasteiger partial charge in [0.1, 0.15) is 5.76 Å². The van der Waals surface area contributed by atoms with Gasteiger partial charge in [-0.3, -0.25) is 4.79 Å². The highest BCUT2D eigenvalue weighted by atomic mass is 79.9. The lowest BCUT2D eigenvalue weighted by Gasteiger charge is -2.04. The quantitative estimate of drug-likeness (QED) is 0.656. The standard InChI is InChI=1S/C14H9BrO2S/c1-8-5-9-11(16)7-12(13-3-2-4-18-13)17-14(9)10(15)6-8/h2-7H,1H3. The van der Waals surface area contributed by atoms with Gasteiger partial charge in [0.2, 0.25) is 0 Å². The molecule has 0 fully saturated rings. The maximum atomic E-state index is 12.1. The summed E-state index contributed by atoms with van der Waals surface area (Å²) in [5.74, 6) is 0.618. The molecule has 0 radical (unpaired) electrons. The molecule has 2 heterocycles. The molecule has 0 saturated carbocycles. The zero-order valence-electron chi connectivity index (χ0n) is 9.57. The monoisotopic (exact) mass is 320 g/mol. The van der Waals surface area contributed by atoms with Crippen molar-refractivity contribution in [3.63, 3.8) is 0 Å². The van der Waals surface area contributed by atoms with Crippen LogP contribution < -0.4 is 5.43 Å². The van der Waals surface area contributed by atoms with Crippen LogP contribution in [0.15, 0.2) is 49.4 Å². The van der Waals surface area contributed by atoms with Gasteiger partial charge < -0.3 is 4.42 Å². The Morgan fingerprint density at radius 3 is 2.83 bits per heavy atom. The maximum absolute atomic E-state index is 12.1. The van der Waals surface area contributed by atoms with E-state index in [0.717, 1.165) is 14.9 Å². The summed E-state index contributed by atoms with van der Waals surface area (Å²) in [4.78, 5) is 13.1. The van der Waals surface area contributed by atoms with E-state index in [1.165, 1.54) is 0 Å². The van der Waals surface area contributed by atoms with Gasteiger partial charge in [0.15, 0.2) is 11.0 Å². The molecule has 0 N–H and O–H groups in total. The molecular weight excluding hydrogens is 312 g/mol. The van der Waals surface area contributed by atoms with Crippen molar-refractivity contribution in [1.29, 1.82) is 0 Å². The first-order valence-electron chi connectivity index (χ1n) is 5.43. The number of benzene rings is 1. The second-order valence-electron chi connectivity index (χ2n) is 4.08. The van der Waals surface area contributed by atoms with Gasteiger partial charge in [-0.2, -0.15) is 0 Å². The lowest BCUT2D eigenvalue weighted by Crippen LogP contribution is -2.00. The normalized spacial score (nSPS) is 11.0. The van der Waals surface area contributed by atoms with E-state index >= 15 is 0 Å². The molecule has 0 amide bonds. The summed E-state index contributed by atoms with van der Waals surface area (Å²) in [7, 11) is 0. The predicted octanol–water partition coefficient (Wildman–Crippen LogP) is 4.59. The van der Waals surface area contributed by atoms with E-state index in [0.29, 0.717) is 16.7 Å². The molecule has 0 unspecified atom stereocenters. The fourth-order valence-electron chi connectivity index (χ4n) is 1.89. The van der Waals surface area contributed by atoms with Crippen LogP contribution in [0.1, 0.15) is 5.56 Å². The third-order valence-corrected chi connectivity index (χ3v) is 4.17. The molecule has 3 rings (SSSR count). The fraction of sp³-hybridized carbons (Fsp3) is 0.0714. The van der Waals surface area contributed by atoms with Crippen LogP contribution in [0.5, 0.6) is 0 Å². The highest BCUT2D eigenvalue weighted by molar-refractivity contribution is 9.10. The van der Waals surface area contributed by atoms with Gasteiger partial charge in [-0.25, -0.2) is 0 Å². The maximum Gasteiger partial charge on any atom is 0.193 e. The van der Waals surface area contributed by atoms with Crippen molar-refractivity contribution >= 4 is 38.2 Å². The SMILES string of the molecule is Cc1cc(Br)c2oc(-c3cccs3)cc(=O)c2c1. The van der Waals surface area contributed by atoms with E-state index in [9.17, 15) is 4.79 Å². The van der Waals surface area contributed by atoms with Gasteiger partial charge in [-0.1, -0.05) is 6.07 Å². The zero-order valence-corrected chi connectivity index (χ0v) is 12.0. The lowest BCUT2D eigenvalue weighted by molar-refractivity contribution is 0.618. The van der Waals surface area contributed by atoms with Crippen LogP contribution in [0, 0.1) is 6.92 Å². The molecule has 0 bridgehead atoms. The third-order valence-electron chi connectivity index (χ3n) is 2.69. The van der Waals surface area contributed by atoms with Gasteiger partial charge in [-0.15, -0.1) is 11.3 Å². The van der Waals surface area contributed by atoms with Crippen LogP contribution in [0.4, 0.5) is 0 Å². The first-order chi connectivity index (χ1) is 8.65. The molecule has 90 valence electrons. The van der Waals surface area contributed by atoms with Crippen LogP contribution in [0.25, 0.3) is 21.6 Å². The number of rotatable bonds is 1. The molecule has 0 atom stereocenters. The van der Waals surface area contributed by atoms with E-state index in [-0.39, 0.29) is 5.43 Å². The van der Waals surface area contributed by atoms with Crippen molar-refractivity contribution < 1.29 is 4.42 Å². The molecule has 0 aliphatic heterocycles. The number of fused-ring (bicyclic) bond motifs is 1. The first-order valence-corrected chi connectivity index (χ1v) is 7.10. The van der Waals surface area contributed by atoms with Gasteiger partial charge in [0.25, 0.3) is 0 Å². The summed E-state index contributed by atoms with van der Waals surface area (Å²) in [6.07, 6.45) is 0. The first kappa shape index (κ1) is 11.7. The molecule has 0 spiro atoms. The van der Waals surface area contributed by atoms with E-state index in [1.54, 1.807) is 17.4 Å². The molecule has 2 nitrogen and oxygen atoms in total. The van der Waals surface area contributed by atoms with Gasteiger partial charge >= 0.3 is 0 Å². The molecule has 0 saturated heterocycles. The van der Waals surface area contributed by atoms with Crippen LogP contribution in [-0.2, 0) is 0 Å². The molecule has 3 aromatic rings. The Balaban J connectivity index is 2.38. The van der Waals surface area contributed by atoms with Gasteiger partial charge in [0.05, 0.1) is 14.7 Å². The van der Waals surface area contributed by atoms with Crippen molar-refractivity contribution in [3.8, 4) is 10.6 Å². The highest BCUT2D eigenvalue weighted by Crippen LogP contribution is 2.30. The van der Waals surface area contributed by atoms with Crippen LogP contribution >= 0.6 is 27.3 Å². The molecule has 1 aromatic carbocycles. The summed E-state index contributed by atoms with van der Waals surface area (Å²) in [6.45, 7) is 1.96. The Hall–Kier alpha value is -1.39. The smallest absolute Gasteiger partial charge is 0.193 e. The molecule has 0 aliphatic carbocycles. The Kier molecular flexibility index (Phi) is 2.84. The Bertz CT molecular complexity index is 772. The van der Waals surface area contributed by atoms with E-state index in [1.807, 2.05) is 36.6 Å². The number of aryl methyl sites for hydroxylation is 1. The summed E-state index contributed by atoms with van der Waals surface area (Å²) in [6, 6.07) is 9.24. The number of hydrogen-bond acceptors (Lipinski definition) is 3. The summed E-state index contributed by atoms with van der Waals surface area (Å²) < 4.78 is 6.65. The summed E-state index contributed by atoms with van der Waals surface area (Å²) >= 11 is 5.00. The fourth-order valence-corrected chi connectivity index (χ4v) is 3.23. The molecule has 0 aliphatic rings. The largest absolute Gasteiger partial charge is 0.454 e. The second-order valence-corrected chi connectivity index (χ2v) is 5.88. The molecular formula is C14H9BrO2S.